The molecule has 0 unspecified atom stereocenters. The van der Waals surface area contributed by atoms with Crippen LogP contribution in [0.25, 0.3) is 0 Å². The number of carbonyl (C=O) groups is 1. The molecule has 122 valence electrons. The molecule has 2 N–H and O–H groups in total. The highest BCUT2D eigenvalue weighted by Gasteiger charge is 2.15. The van der Waals surface area contributed by atoms with Gasteiger partial charge in [0.05, 0.1) is 16.8 Å². The molecule has 0 saturated carbocycles. The van der Waals surface area contributed by atoms with Gasteiger partial charge in [0.25, 0.3) is 0 Å². The quantitative estimate of drug-likeness (QED) is 0.870. The number of nitrogens with zero attached hydrogens (tertiary/aromatic N) is 1. The van der Waals surface area contributed by atoms with Crippen molar-refractivity contribution in [3.8, 4) is 0 Å². The average Bonchev–Trinajstić information content (AvgIpc) is 2.51. The molecule has 0 fully saturated rings. The van der Waals surface area contributed by atoms with Gasteiger partial charge >= 0.3 is 6.03 Å². The van der Waals surface area contributed by atoms with Crippen molar-refractivity contribution in [1.29, 1.82) is 0 Å². The Labute approximate surface area is 140 Å². The molecule has 2 rings (SSSR count). The molecular weight excluding hydrogens is 317 g/mol. The zero-order valence-corrected chi connectivity index (χ0v) is 13.8. The summed E-state index contributed by atoms with van der Waals surface area (Å²) in [5.41, 5.74) is 1.48. The third kappa shape index (κ3) is 4.94. The largest absolute Gasteiger partial charge is 0.336 e. The van der Waals surface area contributed by atoms with Gasteiger partial charge in [0.15, 0.2) is 0 Å². The number of benzene rings is 2. The number of urea groups is 1. The summed E-state index contributed by atoms with van der Waals surface area (Å²) < 4.78 is 13.0. The topological polar surface area (TPSA) is 44.4 Å². The van der Waals surface area contributed by atoms with E-state index in [4.69, 9.17) is 11.6 Å². The van der Waals surface area contributed by atoms with Gasteiger partial charge in [-0.15, -0.1) is 0 Å². The number of para-hydroxylation sites is 1. The molecule has 0 aliphatic rings. The van der Waals surface area contributed by atoms with E-state index in [1.807, 2.05) is 19.0 Å². The zero-order valence-electron chi connectivity index (χ0n) is 13.0. The van der Waals surface area contributed by atoms with Crippen molar-refractivity contribution in [2.45, 2.75) is 6.04 Å². The van der Waals surface area contributed by atoms with Crippen LogP contribution >= 0.6 is 11.6 Å². The molecule has 0 radical (unpaired) electrons. The number of carbonyl (C=O) groups excluding carboxylic acids is 1. The first-order valence-electron chi connectivity index (χ1n) is 7.18. The van der Waals surface area contributed by atoms with Gasteiger partial charge in [-0.3, -0.25) is 0 Å². The highest BCUT2D eigenvalue weighted by Crippen LogP contribution is 2.21. The highest BCUT2D eigenvalue weighted by atomic mass is 35.5. The second kappa shape index (κ2) is 7.94. The molecule has 6 heteroatoms. The molecule has 2 aromatic carbocycles. The molecule has 0 heterocycles. The molecule has 2 amide bonds. The molecule has 2 aromatic rings. The van der Waals surface area contributed by atoms with Gasteiger partial charge in [0.2, 0.25) is 0 Å². The Morgan fingerprint density at radius 2 is 1.83 bits per heavy atom. The normalized spacial score (nSPS) is 12.0. The summed E-state index contributed by atoms with van der Waals surface area (Å²) in [6.45, 7) is 0.384. The molecule has 23 heavy (non-hydrogen) atoms. The predicted molar refractivity (Wildman–Crippen MR) is 91.3 cm³/mol. The number of hydrogen-bond donors (Lipinski definition) is 2. The molecule has 0 aliphatic heterocycles. The van der Waals surface area contributed by atoms with Crippen LogP contribution in [0.5, 0.6) is 0 Å². The van der Waals surface area contributed by atoms with Gasteiger partial charge in [-0.1, -0.05) is 35.9 Å². The van der Waals surface area contributed by atoms with Crippen LogP contribution < -0.4 is 10.6 Å². The Hall–Kier alpha value is -2.11. The summed E-state index contributed by atoms with van der Waals surface area (Å²) >= 11 is 6.01. The second-order valence-corrected chi connectivity index (χ2v) is 5.75. The second-order valence-electron chi connectivity index (χ2n) is 5.35. The number of halogens is 2. The van der Waals surface area contributed by atoms with E-state index in [1.54, 1.807) is 36.4 Å². The lowest BCUT2D eigenvalue weighted by molar-refractivity contribution is 0.243. The first kappa shape index (κ1) is 17.2. The SMILES string of the molecule is CN(C)[C@@H](CNC(=O)Nc1ccccc1Cl)c1ccc(F)cc1. The molecular formula is C17H19ClFN3O. The van der Waals surface area contributed by atoms with Crippen molar-refractivity contribution < 1.29 is 9.18 Å². The first-order valence-corrected chi connectivity index (χ1v) is 7.56. The Bertz CT molecular complexity index is 661. The maximum absolute atomic E-state index is 13.0. The standard InChI is InChI=1S/C17H19ClFN3O/c1-22(2)16(12-7-9-13(19)10-8-12)11-20-17(23)21-15-6-4-3-5-14(15)18/h3-10,16H,11H2,1-2H3,(H2,20,21,23)/t16-/m0/s1. The van der Waals surface area contributed by atoms with Gasteiger partial charge in [0.1, 0.15) is 5.82 Å². The summed E-state index contributed by atoms with van der Waals surface area (Å²) in [5, 5.41) is 5.99. The highest BCUT2D eigenvalue weighted by molar-refractivity contribution is 6.33. The maximum Gasteiger partial charge on any atom is 0.319 e. The zero-order chi connectivity index (χ0) is 16.8. The van der Waals surface area contributed by atoms with Crippen LogP contribution in [-0.4, -0.2) is 31.6 Å². The van der Waals surface area contributed by atoms with Gasteiger partial charge < -0.3 is 15.5 Å². The fraction of sp³-hybridized carbons (Fsp3) is 0.235. The lowest BCUT2D eigenvalue weighted by atomic mass is 10.1. The fourth-order valence-corrected chi connectivity index (χ4v) is 2.38. The summed E-state index contributed by atoms with van der Waals surface area (Å²) in [5.74, 6) is -0.282. The van der Waals surface area contributed by atoms with Gasteiger partial charge in [0, 0.05) is 6.54 Å². The number of nitrogens with one attached hydrogen (secondary N) is 2. The van der Waals surface area contributed by atoms with Crippen molar-refractivity contribution in [2.75, 3.05) is 26.0 Å². The minimum absolute atomic E-state index is 0.0624. The number of hydrogen-bond acceptors (Lipinski definition) is 2. The van der Waals surface area contributed by atoms with E-state index >= 15 is 0 Å². The molecule has 0 aromatic heterocycles. The predicted octanol–water partition coefficient (Wildman–Crippen LogP) is 3.90. The Kier molecular flexibility index (Phi) is 5.96. The molecule has 0 spiro atoms. The van der Waals surface area contributed by atoms with Gasteiger partial charge in [-0.25, -0.2) is 9.18 Å². The van der Waals surface area contributed by atoms with Crippen molar-refractivity contribution >= 4 is 23.3 Å². The van der Waals surface area contributed by atoms with Crippen LogP contribution in [0.1, 0.15) is 11.6 Å². The molecule has 0 saturated heterocycles. The van der Waals surface area contributed by atoms with Crippen molar-refractivity contribution in [1.82, 2.24) is 10.2 Å². The number of amides is 2. The minimum Gasteiger partial charge on any atom is -0.336 e. The maximum atomic E-state index is 13.0. The number of rotatable bonds is 5. The van der Waals surface area contributed by atoms with Crippen LogP contribution in [0.4, 0.5) is 14.9 Å². The first-order chi connectivity index (χ1) is 11.0. The van der Waals surface area contributed by atoms with E-state index in [0.29, 0.717) is 17.3 Å². The Balaban J connectivity index is 1.97. The van der Waals surface area contributed by atoms with E-state index in [1.165, 1.54) is 12.1 Å². The van der Waals surface area contributed by atoms with Crippen LogP contribution in [-0.2, 0) is 0 Å². The van der Waals surface area contributed by atoms with E-state index in [-0.39, 0.29) is 17.9 Å². The number of likely N-dealkylation sites (N-methyl/N-ethyl adjacent to an activating group) is 1. The van der Waals surface area contributed by atoms with E-state index in [2.05, 4.69) is 10.6 Å². The molecule has 0 aliphatic carbocycles. The summed E-state index contributed by atoms with van der Waals surface area (Å²) in [6.07, 6.45) is 0. The Morgan fingerprint density at radius 1 is 1.17 bits per heavy atom. The molecule has 4 nitrogen and oxygen atoms in total. The molecule has 1 atom stereocenters. The number of anilines is 1. The van der Waals surface area contributed by atoms with Crippen molar-refractivity contribution in [2.24, 2.45) is 0 Å². The van der Waals surface area contributed by atoms with Crippen molar-refractivity contribution in [3.63, 3.8) is 0 Å². The third-order valence-corrected chi connectivity index (χ3v) is 3.79. The lowest BCUT2D eigenvalue weighted by Gasteiger charge is -2.25. The monoisotopic (exact) mass is 335 g/mol. The summed E-state index contributed by atoms with van der Waals surface area (Å²) in [6, 6.07) is 12.9. The minimum atomic E-state index is -0.341. The van der Waals surface area contributed by atoms with Crippen molar-refractivity contribution in [3.05, 3.63) is 64.9 Å². The third-order valence-electron chi connectivity index (χ3n) is 3.46. The fourth-order valence-electron chi connectivity index (χ4n) is 2.20. The van der Waals surface area contributed by atoms with E-state index in [9.17, 15) is 9.18 Å². The smallest absolute Gasteiger partial charge is 0.319 e. The van der Waals surface area contributed by atoms with Crippen LogP contribution in [0.3, 0.4) is 0 Å². The van der Waals surface area contributed by atoms with Crippen LogP contribution in [0, 0.1) is 5.82 Å². The van der Waals surface area contributed by atoms with Gasteiger partial charge in [-0.2, -0.15) is 0 Å². The summed E-state index contributed by atoms with van der Waals surface area (Å²) in [4.78, 5) is 14.0. The average molecular weight is 336 g/mol. The lowest BCUT2D eigenvalue weighted by Crippen LogP contribution is -2.36. The van der Waals surface area contributed by atoms with E-state index in [0.717, 1.165) is 5.56 Å². The molecule has 0 bridgehead atoms. The summed E-state index contributed by atoms with van der Waals surface area (Å²) in [7, 11) is 3.81. The van der Waals surface area contributed by atoms with Gasteiger partial charge in [-0.05, 0) is 43.9 Å². The Morgan fingerprint density at radius 3 is 2.43 bits per heavy atom. The van der Waals surface area contributed by atoms with Crippen LogP contribution in [0.15, 0.2) is 48.5 Å². The van der Waals surface area contributed by atoms with E-state index < -0.39 is 0 Å². The van der Waals surface area contributed by atoms with Crippen LogP contribution in [0.2, 0.25) is 5.02 Å².